The Morgan fingerprint density at radius 1 is 1.52 bits per heavy atom. The molecule has 2 N–H and O–H groups in total. The molecule has 7 heteroatoms. The first-order valence-corrected chi connectivity index (χ1v) is 7.64. The molecule has 112 valence electrons. The monoisotopic (exact) mass is 325 g/mol. The average Bonchev–Trinajstić information content (AvgIpc) is 2.99. The molecule has 0 bridgehead atoms. The third-order valence-electron chi connectivity index (χ3n) is 2.86. The van der Waals surface area contributed by atoms with Gasteiger partial charge < -0.3 is 15.4 Å². The van der Waals surface area contributed by atoms with E-state index in [9.17, 15) is 4.79 Å². The fraction of sp³-hybridized carbons (Fsp3) is 0.286. The van der Waals surface area contributed by atoms with Gasteiger partial charge in [-0.25, -0.2) is 9.78 Å². The number of hydrogen-bond donors (Lipinski definition) is 2. The Kier molecular flexibility index (Phi) is 5.41. The van der Waals surface area contributed by atoms with Crippen LogP contribution in [0.2, 0.25) is 5.02 Å². The molecule has 0 radical (unpaired) electrons. The van der Waals surface area contributed by atoms with Crippen molar-refractivity contribution < 1.29 is 9.53 Å². The third-order valence-corrected chi connectivity index (χ3v) is 4.17. The predicted octanol–water partition coefficient (Wildman–Crippen LogP) is 3.73. The first-order valence-electron chi connectivity index (χ1n) is 6.38. The van der Waals surface area contributed by atoms with Gasteiger partial charge in [0, 0.05) is 24.0 Å². The number of para-hydroxylation sites is 1. The molecule has 2 rings (SSSR count). The number of benzene rings is 1. The standard InChI is InChI=1S/C14H16ClN3O2S/c1-9(13-16-6-7-21-13)8-17-14(19)18-11-5-3-4-10(15)12(11)20-2/h3-7,9H,8H2,1-2H3,(H2,17,18,19)/t9-/m0/s1. The van der Waals surface area contributed by atoms with Crippen molar-refractivity contribution in [3.05, 3.63) is 39.8 Å². The third kappa shape index (κ3) is 4.09. The zero-order valence-electron chi connectivity index (χ0n) is 11.7. The summed E-state index contributed by atoms with van der Waals surface area (Å²) in [7, 11) is 1.51. The van der Waals surface area contributed by atoms with Gasteiger partial charge in [-0.3, -0.25) is 0 Å². The number of aromatic nitrogens is 1. The number of halogens is 1. The molecule has 21 heavy (non-hydrogen) atoms. The van der Waals surface area contributed by atoms with E-state index in [2.05, 4.69) is 15.6 Å². The van der Waals surface area contributed by atoms with Crippen molar-refractivity contribution in [3.63, 3.8) is 0 Å². The Labute approximate surface area is 132 Å². The van der Waals surface area contributed by atoms with Crippen LogP contribution < -0.4 is 15.4 Å². The number of hydrogen-bond acceptors (Lipinski definition) is 4. The van der Waals surface area contributed by atoms with Gasteiger partial charge in [-0.15, -0.1) is 11.3 Å². The van der Waals surface area contributed by atoms with Crippen molar-refractivity contribution in [1.82, 2.24) is 10.3 Å². The maximum Gasteiger partial charge on any atom is 0.319 e. The number of ether oxygens (including phenoxy) is 1. The number of nitrogens with zero attached hydrogens (tertiary/aromatic N) is 1. The van der Waals surface area contributed by atoms with Crippen molar-refractivity contribution in [3.8, 4) is 5.75 Å². The van der Waals surface area contributed by atoms with Gasteiger partial charge in [0.25, 0.3) is 0 Å². The van der Waals surface area contributed by atoms with E-state index in [0.717, 1.165) is 5.01 Å². The number of amides is 2. The summed E-state index contributed by atoms with van der Waals surface area (Å²) in [4.78, 5) is 16.2. The molecule has 0 spiro atoms. The number of nitrogens with one attached hydrogen (secondary N) is 2. The van der Waals surface area contributed by atoms with Gasteiger partial charge in [0.1, 0.15) is 0 Å². The molecule has 5 nitrogen and oxygen atoms in total. The second-order valence-corrected chi connectivity index (χ2v) is 5.76. The van der Waals surface area contributed by atoms with E-state index in [1.54, 1.807) is 35.7 Å². The first kappa shape index (κ1) is 15.6. The molecule has 1 aromatic heterocycles. The van der Waals surface area contributed by atoms with Gasteiger partial charge in [0.05, 0.1) is 22.8 Å². The maximum absolute atomic E-state index is 11.9. The predicted molar refractivity (Wildman–Crippen MR) is 85.6 cm³/mol. The lowest BCUT2D eigenvalue weighted by Crippen LogP contribution is -2.31. The molecule has 1 heterocycles. The van der Waals surface area contributed by atoms with Crippen molar-refractivity contribution in [2.75, 3.05) is 19.0 Å². The number of carbonyl (C=O) groups is 1. The summed E-state index contributed by atoms with van der Waals surface area (Å²) >= 11 is 7.58. The Morgan fingerprint density at radius 2 is 2.33 bits per heavy atom. The van der Waals surface area contributed by atoms with Crippen LogP contribution in [0.15, 0.2) is 29.8 Å². The van der Waals surface area contributed by atoms with Crippen LogP contribution in [0, 0.1) is 0 Å². The van der Waals surface area contributed by atoms with Gasteiger partial charge >= 0.3 is 6.03 Å². The average molecular weight is 326 g/mol. The van der Waals surface area contributed by atoms with E-state index >= 15 is 0 Å². The van der Waals surface area contributed by atoms with Crippen LogP contribution in [0.5, 0.6) is 5.75 Å². The van der Waals surface area contributed by atoms with Crippen molar-refractivity contribution in [1.29, 1.82) is 0 Å². The summed E-state index contributed by atoms with van der Waals surface area (Å²) < 4.78 is 5.18. The van der Waals surface area contributed by atoms with Crippen LogP contribution in [0.3, 0.4) is 0 Å². The van der Waals surface area contributed by atoms with Crippen LogP contribution in [0.1, 0.15) is 17.8 Å². The molecule has 1 atom stereocenters. The number of carbonyl (C=O) groups excluding carboxylic acids is 1. The van der Waals surface area contributed by atoms with Gasteiger partial charge in [-0.05, 0) is 12.1 Å². The second-order valence-electron chi connectivity index (χ2n) is 4.43. The molecular formula is C14H16ClN3O2S. The number of anilines is 1. The van der Waals surface area contributed by atoms with Crippen molar-refractivity contribution in [2.45, 2.75) is 12.8 Å². The van der Waals surface area contributed by atoms with Crippen LogP contribution in [-0.2, 0) is 0 Å². The summed E-state index contributed by atoms with van der Waals surface area (Å²) in [5.74, 6) is 0.610. The molecule has 2 amide bonds. The molecule has 0 saturated carbocycles. The Balaban J connectivity index is 1.92. The molecular weight excluding hydrogens is 310 g/mol. The normalized spacial score (nSPS) is 11.8. The smallest absolute Gasteiger partial charge is 0.319 e. The minimum absolute atomic E-state index is 0.164. The summed E-state index contributed by atoms with van der Waals surface area (Å²) in [6, 6.07) is 4.88. The van der Waals surface area contributed by atoms with E-state index in [1.165, 1.54) is 7.11 Å². The summed E-state index contributed by atoms with van der Waals surface area (Å²) in [6.07, 6.45) is 1.76. The van der Waals surface area contributed by atoms with Gasteiger partial charge in [0.15, 0.2) is 5.75 Å². The minimum atomic E-state index is -0.307. The van der Waals surface area contributed by atoms with E-state index < -0.39 is 0 Å². The molecule has 0 aliphatic heterocycles. The highest BCUT2D eigenvalue weighted by molar-refractivity contribution is 7.09. The molecule has 2 aromatic rings. The molecule has 0 unspecified atom stereocenters. The Morgan fingerprint density at radius 3 is 3.00 bits per heavy atom. The van der Waals surface area contributed by atoms with Gasteiger partial charge in [-0.2, -0.15) is 0 Å². The molecule has 0 saturated heterocycles. The summed E-state index contributed by atoms with van der Waals surface area (Å²) in [6.45, 7) is 2.52. The van der Waals surface area contributed by atoms with E-state index in [4.69, 9.17) is 16.3 Å². The van der Waals surface area contributed by atoms with Gasteiger partial charge in [-0.1, -0.05) is 24.6 Å². The van der Waals surface area contributed by atoms with E-state index in [-0.39, 0.29) is 11.9 Å². The fourth-order valence-electron chi connectivity index (χ4n) is 1.79. The second kappa shape index (κ2) is 7.28. The highest BCUT2D eigenvalue weighted by atomic mass is 35.5. The van der Waals surface area contributed by atoms with Crippen molar-refractivity contribution >= 4 is 34.7 Å². The van der Waals surface area contributed by atoms with Crippen LogP contribution in [0.25, 0.3) is 0 Å². The molecule has 0 fully saturated rings. The molecule has 1 aromatic carbocycles. The molecule has 0 aliphatic carbocycles. The number of urea groups is 1. The van der Waals surface area contributed by atoms with Crippen LogP contribution >= 0.6 is 22.9 Å². The van der Waals surface area contributed by atoms with E-state index in [1.807, 2.05) is 12.3 Å². The number of thiazole rings is 1. The summed E-state index contributed by atoms with van der Waals surface area (Å²) in [5, 5.41) is 8.90. The lowest BCUT2D eigenvalue weighted by Gasteiger charge is -2.13. The van der Waals surface area contributed by atoms with Crippen molar-refractivity contribution in [2.24, 2.45) is 0 Å². The lowest BCUT2D eigenvalue weighted by molar-refractivity contribution is 0.251. The first-order chi connectivity index (χ1) is 10.1. The van der Waals surface area contributed by atoms with Gasteiger partial charge in [0.2, 0.25) is 0 Å². The summed E-state index contributed by atoms with van der Waals surface area (Å²) in [5.41, 5.74) is 0.532. The highest BCUT2D eigenvalue weighted by Crippen LogP contribution is 2.32. The SMILES string of the molecule is COc1c(Cl)cccc1NC(=O)NC[C@H](C)c1nccs1. The van der Waals surface area contributed by atoms with Crippen LogP contribution in [0.4, 0.5) is 10.5 Å². The molecule has 0 aliphatic rings. The Bertz CT molecular complexity index is 604. The lowest BCUT2D eigenvalue weighted by atomic mass is 10.2. The maximum atomic E-state index is 11.9. The minimum Gasteiger partial charge on any atom is -0.493 e. The topological polar surface area (TPSA) is 63.2 Å². The van der Waals surface area contributed by atoms with Crippen LogP contribution in [-0.4, -0.2) is 24.7 Å². The zero-order valence-corrected chi connectivity index (χ0v) is 13.3. The highest BCUT2D eigenvalue weighted by Gasteiger charge is 2.12. The number of methoxy groups -OCH3 is 1. The quantitative estimate of drug-likeness (QED) is 0.880. The fourth-order valence-corrected chi connectivity index (χ4v) is 2.74. The number of rotatable bonds is 5. The van der Waals surface area contributed by atoms with E-state index in [0.29, 0.717) is 23.0 Å². The zero-order chi connectivity index (χ0) is 15.2. The Hall–Kier alpha value is -1.79. The largest absolute Gasteiger partial charge is 0.493 e.